The van der Waals surface area contributed by atoms with Gasteiger partial charge in [-0.3, -0.25) is 4.79 Å². The van der Waals surface area contributed by atoms with Gasteiger partial charge in [0.2, 0.25) is 0 Å². The predicted octanol–water partition coefficient (Wildman–Crippen LogP) is 6.28. The lowest BCUT2D eigenvalue weighted by molar-refractivity contribution is -0.115. The number of hydrogen-bond donors (Lipinski definition) is 1. The Labute approximate surface area is 189 Å². The quantitative estimate of drug-likeness (QED) is 0.314. The molecule has 2 aromatic carbocycles. The van der Waals surface area contributed by atoms with Gasteiger partial charge < -0.3 is 9.88 Å². The number of halogens is 3. The summed E-state index contributed by atoms with van der Waals surface area (Å²) in [7, 11) is 0. The first-order valence-corrected chi connectivity index (χ1v) is 10.8. The molecule has 4 rings (SSSR count). The van der Waals surface area contributed by atoms with Crippen LogP contribution < -0.4 is 5.32 Å². The molecule has 1 aliphatic rings. The van der Waals surface area contributed by atoms with E-state index in [1.807, 2.05) is 53.2 Å². The van der Waals surface area contributed by atoms with Crippen LogP contribution in [0.1, 0.15) is 5.69 Å². The van der Waals surface area contributed by atoms with Gasteiger partial charge in [-0.15, -0.1) is 0 Å². The average molecular weight is 540 g/mol. The fourth-order valence-electron chi connectivity index (χ4n) is 2.65. The molecule has 28 heavy (non-hydrogen) atoms. The molecule has 0 unspecified atom stereocenters. The van der Waals surface area contributed by atoms with Crippen molar-refractivity contribution in [1.82, 2.24) is 9.88 Å². The van der Waals surface area contributed by atoms with E-state index in [2.05, 4.69) is 32.9 Å². The second-order valence-electron chi connectivity index (χ2n) is 5.83. The van der Waals surface area contributed by atoms with E-state index in [4.69, 9.17) is 23.2 Å². The molecule has 1 saturated heterocycles. The van der Waals surface area contributed by atoms with Crippen molar-refractivity contribution in [3.05, 3.63) is 85.0 Å². The van der Waals surface area contributed by atoms with Crippen LogP contribution in [0.2, 0.25) is 10.0 Å². The summed E-state index contributed by atoms with van der Waals surface area (Å²) in [5.74, 6) is -0.197. The van der Waals surface area contributed by atoms with Crippen molar-refractivity contribution in [3.8, 4) is 5.69 Å². The summed E-state index contributed by atoms with van der Waals surface area (Å²) in [5, 5.41) is 4.02. The number of aromatic nitrogens is 1. The van der Waals surface area contributed by atoms with Crippen LogP contribution in [0.5, 0.6) is 0 Å². The first-order valence-electron chi connectivity index (χ1n) is 8.18. The largest absolute Gasteiger partial charge is 0.317 e. The average Bonchev–Trinajstić information content (AvgIpc) is 3.27. The lowest BCUT2D eigenvalue weighted by Gasteiger charge is -2.07. The Hall–Kier alpha value is -1.74. The molecule has 0 saturated carbocycles. The summed E-state index contributed by atoms with van der Waals surface area (Å²) in [6, 6.07) is 17.3. The molecule has 0 aliphatic carbocycles. The molecule has 8 heteroatoms. The molecule has 1 aromatic heterocycles. The molecule has 1 aliphatic heterocycles. The molecular weight excluding hydrogens is 528 g/mol. The summed E-state index contributed by atoms with van der Waals surface area (Å²) in [6.07, 6.45) is 3.81. The van der Waals surface area contributed by atoms with Crippen molar-refractivity contribution < 1.29 is 4.79 Å². The number of amides is 1. The third-order valence-corrected chi connectivity index (χ3v) is 6.41. The summed E-state index contributed by atoms with van der Waals surface area (Å²) in [5.41, 5.74) is 2.45. The maximum atomic E-state index is 12.4. The number of hydrogen-bond acceptors (Lipinski definition) is 3. The smallest absolute Gasteiger partial charge is 0.264 e. The first-order chi connectivity index (χ1) is 13.5. The van der Waals surface area contributed by atoms with Crippen LogP contribution in [0, 0.1) is 3.57 Å². The maximum Gasteiger partial charge on any atom is 0.264 e. The Balaban J connectivity index is 1.63. The molecule has 1 amide bonds. The van der Waals surface area contributed by atoms with Crippen LogP contribution in [0.15, 0.2) is 70.7 Å². The minimum Gasteiger partial charge on any atom is -0.317 e. The van der Waals surface area contributed by atoms with Gasteiger partial charge >= 0.3 is 0 Å². The number of nitrogens with zero attached hydrogens (tertiary/aromatic N) is 2. The van der Waals surface area contributed by atoms with Gasteiger partial charge in [0.25, 0.3) is 5.91 Å². The van der Waals surface area contributed by atoms with E-state index in [0.29, 0.717) is 25.8 Å². The summed E-state index contributed by atoms with van der Waals surface area (Å²) >= 11 is 15.7. The van der Waals surface area contributed by atoms with Crippen molar-refractivity contribution in [2.24, 2.45) is 4.99 Å². The SMILES string of the molecule is O=C1NC(=Nc2cccc(Cl)c2Cl)S/C1=C/c1cccn1-c1ccc(I)cc1. The monoisotopic (exact) mass is 539 g/mol. The Bertz CT molecular complexity index is 1120. The molecule has 0 atom stereocenters. The highest BCUT2D eigenvalue weighted by molar-refractivity contribution is 14.1. The van der Waals surface area contributed by atoms with E-state index in [-0.39, 0.29) is 5.91 Å². The molecule has 0 radical (unpaired) electrons. The molecule has 4 nitrogen and oxygen atoms in total. The molecule has 1 fully saturated rings. The maximum absolute atomic E-state index is 12.4. The number of nitrogens with one attached hydrogen (secondary N) is 1. The third kappa shape index (κ3) is 4.15. The number of thioether (sulfide) groups is 1. The second-order valence-corrected chi connectivity index (χ2v) is 8.90. The van der Waals surface area contributed by atoms with Crippen molar-refractivity contribution in [3.63, 3.8) is 0 Å². The van der Waals surface area contributed by atoms with Crippen molar-refractivity contribution in [2.45, 2.75) is 0 Å². The molecule has 2 heterocycles. The van der Waals surface area contributed by atoms with Crippen LogP contribution in [0.4, 0.5) is 5.69 Å². The highest BCUT2D eigenvalue weighted by atomic mass is 127. The van der Waals surface area contributed by atoms with Gasteiger partial charge in [-0.2, -0.15) is 0 Å². The van der Waals surface area contributed by atoms with Gasteiger partial charge in [0.1, 0.15) is 0 Å². The lowest BCUT2D eigenvalue weighted by atomic mass is 10.3. The normalized spacial score (nSPS) is 16.8. The minimum absolute atomic E-state index is 0.197. The van der Waals surface area contributed by atoms with Crippen LogP contribution in [0.3, 0.4) is 0 Å². The van der Waals surface area contributed by atoms with E-state index in [1.165, 1.54) is 15.3 Å². The fraction of sp³-hybridized carbons (Fsp3) is 0. The van der Waals surface area contributed by atoms with Crippen LogP contribution in [-0.4, -0.2) is 15.6 Å². The molecule has 0 bridgehead atoms. The van der Waals surface area contributed by atoms with Crippen molar-refractivity contribution >= 4 is 80.4 Å². The molecule has 0 spiro atoms. The number of benzene rings is 2. The molecule has 1 N–H and O–H groups in total. The zero-order valence-corrected chi connectivity index (χ0v) is 18.7. The van der Waals surface area contributed by atoms with E-state index >= 15 is 0 Å². The van der Waals surface area contributed by atoms with Crippen molar-refractivity contribution in [1.29, 1.82) is 0 Å². The number of carbonyl (C=O) groups is 1. The van der Waals surface area contributed by atoms with Crippen LogP contribution in [0.25, 0.3) is 11.8 Å². The second kappa shape index (κ2) is 8.32. The zero-order valence-electron chi connectivity index (χ0n) is 14.2. The number of rotatable bonds is 3. The van der Waals surface area contributed by atoms with Gasteiger partial charge in [-0.25, -0.2) is 4.99 Å². The Morgan fingerprint density at radius 2 is 1.86 bits per heavy atom. The molecule has 3 aromatic rings. The summed E-state index contributed by atoms with van der Waals surface area (Å²) < 4.78 is 3.19. The molecular formula is C20H12Cl2IN3OS. The Kier molecular flexibility index (Phi) is 5.82. The fourth-order valence-corrected chi connectivity index (χ4v) is 4.17. The topological polar surface area (TPSA) is 46.4 Å². The number of aliphatic imine (C=N–C) groups is 1. The van der Waals surface area contributed by atoms with Crippen LogP contribution in [-0.2, 0) is 4.79 Å². The highest BCUT2D eigenvalue weighted by Gasteiger charge is 2.24. The van der Waals surface area contributed by atoms with Gasteiger partial charge in [0, 0.05) is 21.1 Å². The number of carbonyl (C=O) groups excluding carboxylic acids is 1. The van der Waals surface area contributed by atoms with Crippen molar-refractivity contribution in [2.75, 3.05) is 0 Å². The van der Waals surface area contributed by atoms with E-state index in [1.54, 1.807) is 18.2 Å². The summed E-state index contributed by atoms with van der Waals surface area (Å²) in [4.78, 5) is 17.4. The van der Waals surface area contributed by atoms with Gasteiger partial charge in [0.15, 0.2) is 5.17 Å². The van der Waals surface area contributed by atoms with E-state index in [0.717, 1.165) is 11.4 Å². The van der Waals surface area contributed by atoms with Gasteiger partial charge in [-0.1, -0.05) is 29.3 Å². The zero-order chi connectivity index (χ0) is 19.7. The highest BCUT2D eigenvalue weighted by Crippen LogP contribution is 2.34. The molecule has 140 valence electrons. The lowest BCUT2D eigenvalue weighted by Crippen LogP contribution is -2.19. The van der Waals surface area contributed by atoms with Gasteiger partial charge in [0.05, 0.1) is 20.6 Å². The standard InChI is InChI=1S/C20H12Cl2IN3OS/c21-15-4-1-5-16(18(15)22)24-20-25-19(27)17(28-20)11-14-3-2-10-26(14)13-8-6-12(23)7-9-13/h1-11H,(H,24,25,27)/b17-11+. The summed E-state index contributed by atoms with van der Waals surface area (Å²) in [6.45, 7) is 0. The Morgan fingerprint density at radius 1 is 1.07 bits per heavy atom. The third-order valence-electron chi connectivity index (χ3n) is 3.97. The minimum atomic E-state index is -0.197. The van der Waals surface area contributed by atoms with Crippen LogP contribution >= 0.6 is 57.6 Å². The first kappa shape index (κ1) is 19.6. The number of amidine groups is 1. The Morgan fingerprint density at radius 3 is 2.64 bits per heavy atom. The van der Waals surface area contributed by atoms with E-state index in [9.17, 15) is 4.79 Å². The predicted molar refractivity (Wildman–Crippen MR) is 126 cm³/mol. The van der Waals surface area contributed by atoms with E-state index < -0.39 is 0 Å². The van der Waals surface area contributed by atoms with Gasteiger partial charge in [-0.05, 0) is 89.0 Å².